The lowest BCUT2D eigenvalue weighted by molar-refractivity contribution is 0.318. The molecular weight excluding hydrogens is 447 g/mol. The standard InChI is InChI=1S/C13H12Cl2N4O.C9H10.C2H6O/c1-2-10-12(8-4-3-7(14)5-9(8)15)18-11(6-17-20)13(16)19-10;1-2-5-9-7-3-6-8(9)4-1;1-2-3/h3-5H,2,6H2,1H3,(H2,16,19);1-2,4-5H,3,6-7H2;3H,2H2,1H3. The second-order valence-corrected chi connectivity index (χ2v) is 7.90. The maximum atomic E-state index is 10.4. The summed E-state index contributed by atoms with van der Waals surface area (Å²) >= 11 is 12.1. The third-order valence-electron chi connectivity index (χ3n) is 4.82. The molecule has 0 aliphatic heterocycles. The molecule has 0 unspecified atom stereocenters. The molecule has 6 nitrogen and oxygen atoms in total. The van der Waals surface area contributed by atoms with Crippen molar-refractivity contribution in [3.05, 3.63) is 79.9 Å². The third-order valence-corrected chi connectivity index (χ3v) is 5.37. The van der Waals surface area contributed by atoms with Crippen LogP contribution in [-0.2, 0) is 25.8 Å². The topological polar surface area (TPSA) is 101 Å². The van der Waals surface area contributed by atoms with Crippen molar-refractivity contribution in [2.45, 2.75) is 46.1 Å². The maximum absolute atomic E-state index is 10.4. The van der Waals surface area contributed by atoms with Gasteiger partial charge in [0.1, 0.15) is 18.1 Å². The summed E-state index contributed by atoms with van der Waals surface area (Å²) in [6.07, 6.45) is 4.60. The Morgan fingerprint density at radius 2 is 1.66 bits per heavy atom. The Kier molecular flexibility index (Phi) is 10.5. The highest BCUT2D eigenvalue weighted by atomic mass is 35.5. The minimum absolute atomic E-state index is 0.124. The fourth-order valence-corrected chi connectivity index (χ4v) is 3.85. The first-order valence-corrected chi connectivity index (χ1v) is 11.3. The fourth-order valence-electron chi connectivity index (χ4n) is 3.36. The number of nitrogens with zero attached hydrogens (tertiary/aromatic N) is 3. The number of halogens is 2. The third kappa shape index (κ3) is 6.99. The summed E-state index contributed by atoms with van der Waals surface area (Å²) < 4.78 is 0. The zero-order chi connectivity index (χ0) is 23.5. The molecule has 3 aromatic rings. The number of fused-ring (bicyclic) bond motifs is 1. The molecule has 3 N–H and O–H groups in total. The Morgan fingerprint density at radius 3 is 2.19 bits per heavy atom. The highest BCUT2D eigenvalue weighted by molar-refractivity contribution is 6.36. The van der Waals surface area contributed by atoms with Gasteiger partial charge >= 0.3 is 0 Å². The number of aliphatic hydroxyl groups is 1. The number of hydrogen-bond donors (Lipinski definition) is 2. The lowest BCUT2D eigenvalue weighted by atomic mass is 10.1. The van der Waals surface area contributed by atoms with Gasteiger partial charge < -0.3 is 10.8 Å². The number of nitrogen functional groups attached to an aromatic ring is 1. The Balaban J connectivity index is 0.000000248. The summed E-state index contributed by atoms with van der Waals surface area (Å²) in [7, 11) is 0. The van der Waals surface area contributed by atoms with E-state index in [-0.39, 0.29) is 19.0 Å². The van der Waals surface area contributed by atoms with E-state index in [0.717, 1.165) is 0 Å². The number of aromatic nitrogens is 2. The molecule has 0 saturated heterocycles. The van der Waals surface area contributed by atoms with Crippen LogP contribution in [0.1, 0.15) is 42.8 Å². The van der Waals surface area contributed by atoms with Gasteiger partial charge in [0, 0.05) is 17.2 Å². The van der Waals surface area contributed by atoms with E-state index in [1.807, 2.05) is 6.92 Å². The first-order valence-electron chi connectivity index (χ1n) is 10.5. The molecule has 32 heavy (non-hydrogen) atoms. The minimum Gasteiger partial charge on any atom is -0.397 e. The van der Waals surface area contributed by atoms with Gasteiger partial charge in [0.25, 0.3) is 0 Å². The molecule has 1 heterocycles. The Labute approximate surface area is 198 Å². The van der Waals surface area contributed by atoms with Gasteiger partial charge in [-0.05, 0) is 61.9 Å². The van der Waals surface area contributed by atoms with Crippen LogP contribution in [0.2, 0.25) is 10.0 Å². The van der Waals surface area contributed by atoms with Crippen molar-refractivity contribution in [2.24, 2.45) is 5.18 Å². The van der Waals surface area contributed by atoms with Gasteiger partial charge in [-0.25, -0.2) is 9.97 Å². The molecule has 0 fully saturated rings. The Bertz CT molecular complexity index is 1020. The molecule has 1 aliphatic rings. The first kappa shape index (κ1) is 25.7. The van der Waals surface area contributed by atoms with Crippen LogP contribution in [0, 0.1) is 4.91 Å². The van der Waals surface area contributed by atoms with Crippen LogP contribution < -0.4 is 5.73 Å². The molecule has 0 atom stereocenters. The van der Waals surface area contributed by atoms with Gasteiger partial charge in [0.2, 0.25) is 0 Å². The molecule has 2 aromatic carbocycles. The number of anilines is 1. The lowest BCUT2D eigenvalue weighted by Crippen LogP contribution is -2.06. The van der Waals surface area contributed by atoms with E-state index in [9.17, 15) is 4.91 Å². The van der Waals surface area contributed by atoms with Crippen LogP contribution in [0.15, 0.2) is 47.6 Å². The molecule has 0 bridgehead atoms. The van der Waals surface area contributed by atoms with Crippen LogP contribution in [0.5, 0.6) is 0 Å². The molecule has 170 valence electrons. The number of nitroso groups, excluding NO2 is 1. The molecule has 0 saturated carbocycles. The molecule has 8 heteroatoms. The van der Waals surface area contributed by atoms with Gasteiger partial charge in [-0.3, -0.25) is 0 Å². The van der Waals surface area contributed by atoms with E-state index in [1.165, 1.54) is 19.3 Å². The van der Waals surface area contributed by atoms with Crippen LogP contribution in [0.4, 0.5) is 5.82 Å². The molecule has 0 radical (unpaired) electrons. The number of nitrogens with two attached hydrogens (primary N) is 1. The summed E-state index contributed by atoms with van der Waals surface area (Å²) in [6, 6.07) is 13.9. The molecule has 0 spiro atoms. The van der Waals surface area contributed by atoms with Crippen molar-refractivity contribution in [1.82, 2.24) is 9.97 Å². The van der Waals surface area contributed by atoms with Crippen molar-refractivity contribution < 1.29 is 5.11 Å². The number of benzene rings is 2. The number of aryl methyl sites for hydroxylation is 3. The van der Waals surface area contributed by atoms with E-state index in [2.05, 4.69) is 39.4 Å². The first-order chi connectivity index (χ1) is 15.4. The Morgan fingerprint density at radius 1 is 1.03 bits per heavy atom. The zero-order valence-electron chi connectivity index (χ0n) is 18.3. The summed E-state index contributed by atoms with van der Waals surface area (Å²) in [6.45, 7) is 3.75. The number of rotatable bonds is 4. The van der Waals surface area contributed by atoms with Crippen LogP contribution >= 0.6 is 23.2 Å². The van der Waals surface area contributed by atoms with Gasteiger partial charge in [0.05, 0.1) is 16.4 Å². The van der Waals surface area contributed by atoms with E-state index in [1.54, 1.807) is 36.2 Å². The second kappa shape index (κ2) is 13.1. The predicted molar refractivity (Wildman–Crippen MR) is 132 cm³/mol. The summed E-state index contributed by atoms with van der Waals surface area (Å²) in [5, 5.41) is 11.4. The maximum Gasteiger partial charge on any atom is 0.147 e. The average molecular weight is 475 g/mol. The average Bonchev–Trinajstić information content (AvgIpc) is 3.25. The molecular formula is C24H28Cl2N4O2. The molecule has 0 amide bonds. The van der Waals surface area contributed by atoms with Gasteiger partial charge in [-0.15, -0.1) is 0 Å². The summed E-state index contributed by atoms with van der Waals surface area (Å²) in [5.74, 6) is 0.218. The van der Waals surface area contributed by atoms with Gasteiger partial charge in [0.15, 0.2) is 0 Å². The largest absolute Gasteiger partial charge is 0.397 e. The van der Waals surface area contributed by atoms with Crippen molar-refractivity contribution in [1.29, 1.82) is 0 Å². The molecule has 1 aliphatic carbocycles. The second-order valence-electron chi connectivity index (χ2n) is 7.05. The van der Waals surface area contributed by atoms with E-state index < -0.39 is 0 Å². The summed E-state index contributed by atoms with van der Waals surface area (Å²) in [4.78, 5) is 19.1. The van der Waals surface area contributed by atoms with Crippen molar-refractivity contribution in [3.63, 3.8) is 0 Å². The van der Waals surface area contributed by atoms with E-state index in [4.69, 9.17) is 34.0 Å². The van der Waals surface area contributed by atoms with E-state index >= 15 is 0 Å². The fraction of sp³-hybridized carbons (Fsp3) is 0.333. The van der Waals surface area contributed by atoms with Crippen molar-refractivity contribution in [2.75, 3.05) is 12.3 Å². The van der Waals surface area contributed by atoms with Crippen molar-refractivity contribution in [3.8, 4) is 11.3 Å². The minimum atomic E-state index is -0.124. The highest BCUT2D eigenvalue weighted by Crippen LogP contribution is 2.32. The van der Waals surface area contributed by atoms with Gasteiger partial charge in [-0.2, -0.15) is 4.91 Å². The van der Waals surface area contributed by atoms with Gasteiger partial charge in [-0.1, -0.05) is 59.6 Å². The normalized spacial score (nSPS) is 11.5. The van der Waals surface area contributed by atoms with E-state index in [0.29, 0.717) is 39.1 Å². The monoisotopic (exact) mass is 474 g/mol. The summed E-state index contributed by atoms with van der Waals surface area (Å²) in [5.41, 5.74) is 11.3. The SMILES string of the molecule is CCO.CCc1nc(N)c(CN=O)nc1-c1ccc(Cl)cc1Cl.c1ccc2c(c1)CCC2. The van der Waals surface area contributed by atoms with Crippen LogP contribution in [0.3, 0.4) is 0 Å². The van der Waals surface area contributed by atoms with Crippen LogP contribution in [-0.4, -0.2) is 21.7 Å². The zero-order valence-corrected chi connectivity index (χ0v) is 19.8. The molecule has 1 aromatic heterocycles. The van der Waals surface area contributed by atoms with Crippen molar-refractivity contribution >= 4 is 29.0 Å². The Hall–Kier alpha value is -2.54. The van der Waals surface area contributed by atoms with Crippen LogP contribution in [0.25, 0.3) is 11.3 Å². The lowest BCUT2D eigenvalue weighted by Gasteiger charge is -2.11. The smallest absolute Gasteiger partial charge is 0.147 e. The number of aliphatic hydroxyl groups excluding tert-OH is 1. The quantitative estimate of drug-likeness (QED) is 0.449. The predicted octanol–water partition coefficient (Wildman–Crippen LogP) is 6.04. The highest BCUT2D eigenvalue weighted by Gasteiger charge is 2.15. The number of hydrogen-bond acceptors (Lipinski definition) is 6. The molecule has 4 rings (SSSR count).